The van der Waals surface area contributed by atoms with Crippen molar-refractivity contribution < 1.29 is 0 Å². The van der Waals surface area contributed by atoms with E-state index >= 15 is 0 Å². The van der Waals surface area contributed by atoms with E-state index in [-0.39, 0.29) is 0 Å². The van der Waals surface area contributed by atoms with Crippen molar-refractivity contribution in [1.29, 1.82) is 0 Å². The third kappa shape index (κ3) is 5.71. The normalized spacial score (nSPS) is 11.8. The van der Waals surface area contributed by atoms with Gasteiger partial charge in [0, 0.05) is 11.8 Å². The van der Waals surface area contributed by atoms with Gasteiger partial charge in [0.1, 0.15) is 0 Å². The number of aromatic nitrogens is 1. The molecule has 8 aromatic rings. The maximum Gasteiger partial charge on any atom is 0.0701 e. The van der Waals surface area contributed by atoms with E-state index in [0.29, 0.717) is 0 Å². The van der Waals surface area contributed by atoms with Crippen LogP contribution in [0.15, 0.2) is 194 Å². The van der Waals surface area contributed by atoms with Crippen molar-refractivity contribution in [2.45, 2.75) is 6.42 Å². The summed E-state index contributed by atoms with van der Waals surface area (Å²) < 4.78 is 0. The van der Waals surface area contributed by atoms with Gasteiger partial charge in [-0.2, -0.15) is 0 Å². The molecule has 1 aliphatic carbocycles. The number of rotatable bonds is 8. The van der Waals surface area contributed by atoms with E-state index in [9.17, 15) is 0 Å². The monoisotopic (exact) mass is 664 g/mol. The average Bonchev–Trinajstić information content (AvgIpc) is 3.56. The van der Waals surface area contributed by atoms with Gasteiger partial charge in [-0.25, -0.2) is 0 Å². The zero-order valence-corrected chi connectivity index (χ0v) is 28.7. The van der Waals surface area contributed by atoms with Crippen LogP contribution in [-0.2, 0) is 6.42 Å². The zero-order chi connectivity index (χ0) is 34.9. The van der Waals surface area contributed by atoms with Crippen molar-refractivity contribution in [3.05, 3.63) is 200 Å². The topological polar surface area (TPSA) is 38.9 Å². The lowest BCUT2D eigenvalue weighted by molar-refractivity contribution is 1.27. The lowest BCUT2D eigenvalue weighted by Crippen LogP contribution is -1.90. The zero-order valence-electron chi connectivity index (χ0n) is 28.7. The molecule has 0 saturated heterocycles. The first-order chi connectivity index (χ1) is 25.7. The molecule has 0 fully saturated rings. The second kappa shape index (κ2) is 13.5. The summed E-state index contributed by atoms with van der Waals surface area (Å²) in [5.74, 6) is 0. The van der Waals surface area contributed by atoms with E-state index in [1.807, 2.05) is 36.5 Å². The molecule has 0 aliphatic heterocycles. The second-order valence-electron chi connectivity index (χ2n) is 13.3. The van der Waals surface area contributed by atoms with E-state index in [2.05, 4.69) is 157 Å². The first-order valence-electron chi connectivity index (χ1n) is 17.8. The van der Waals surface area contributed by atoms with Gasteiger partial charge in [0.05, 0.1) is 5.69 Å². The molecular formula is C50H36N2. The van der Waals surface area contributed by atoms with Crippen LogP contribution in [0.2, 0.25) is 0 Å². The summed E-state index contributed by atoms with van der Waals surface area (Å²) in [5.41, 5.74) is 23.8. The molecule has 1 heterocycles. The Hall–Kier alpha value is -6.77. The van der Waals surface area contributed by atoms with Crippen LogP contribution in [0.25, 0.3) is 88.8 Å². The molecule has 0 bridgehead atoms. The lowest BCUT2D eigenvalue weighted by Gasteiger charge is -2.16. The van der Waals surface area contributed by atoms with Crippen molar-refractivity contribution in [3.63, 3.8) is 0 Å². The lowest BCUT2D eigenvalue weighted by atomic mass is 9.87. The Bertz CT molecular complexity index is 2590. The molecule has 7 aromatic carbocycles. The smallest absolute Gasteiger partial charge is 0.0701 e. The molecule has 0 atom stereocenters. The van der Waals surface area contributed by atoms with Crippen molar-refractivity contribution in [2.24, 2.45) is 5.73 Å². The van der Waals surface area contributed by atoms with Crippen molar-refractivity contribution in [3.8, 4) is 78.0 Å². The fourth-order valence-electron chi connectivity index (χ4n) is 7.63. The third-order valence-electron chi connectivity index (χ3n) is 10.2. The van der Waals surface area contributed by atoms with Gasteiger partial charge in [-0.1, -0.05) is 164 Å². The van der Waals surface area contributed by atoms with E-state index in [4.69, 9.17) is 5.73 Å². The van der Waals surface area contributed by atoms with Gasteiger partial charge in [-0.05, 0) is 114 Å². The standard InChI is InChI=1S/C50H36N2/c51-32-4-1-2-8-34-14-16-35(17-15-34)36-18-24-39(25-19-36)43-30-31-44(50-46-12-7-10-42-9-6-11-45(48(42)46)49(43)50)40-26-20-37(21-27-40)38-22-28-41(29-23-38)47-13-3-5-33-52-47/h1-7,9-33H,8,51H2/b2-1-,32-4-. The fraction of sp³-hybridized carbons (Fsp3) is 0.0200. The highest BCUT2D eigenvalue weighted by atomic mass is 14.7. The number of nitrogens with zero attached hydrogens (tertiary/aromatic N) is 1. The summed E-state index contributed by atoms with van der Waals surface area (Å²) in [6.07, 6.45) is 10.2. The summed E-state index contributed by atoms with van der Waals surface area (Å²) in [4.78, 5) is 4.50. The van der Waals surface area contributed by atoms with Gasteiger partial charge in [0.15, 0.2) is 0 Å². The maximum absolute atomic E-state index is 5.44. The molecule has 246 valence electrons. The highest BCUT2D eigenvalue weighted by molar-refractivity contribution is 6.21. The van der Waals surface area contributed by atoms with Gasteiger partial charge >= 0.3 is 0 Å². The summed E-state index contributed by atoms with van der Waals surface area (Å²) in [7, 11) is 0. The minimum Gasteiger partial charge on any atom is -0.405 e. The van der Waals surface area contributed by atoms with E-state index < -0.39 is 0 Å². The summed E-state index contributed by atoms with van der Waals surface area (Å²) in [6.45, 7) is 0. The molecule has 1 aliphatic rings. The van der Waals surface area contributed by atoms with Crippen LogP contribution in [-0.4, -0.2) is 4.98 Å². The third-order valence-corrected chi connectivity index (χ3v) is 10.2. The van der Waals surface area contributed by atoms with Crippen LogP contribution in [0.3, 0.4) is 0 Å². The first-order valence-corrected chi connectivity index (χ1v) is 17.8. The summed E-state index contributed by atoms with van der Waals surface area (Å²) >= 11 is 0. The molecule has 0 amide bonds. The van der Waals surface area contributed by atoms with Gasteiger partial charge in [-0.3, -0.25) is 4.98 Å². The number of pyridine rings is 1. The van der Waals surface area contributed by atoms with Crippen LogP contribution in [0.1, 0.15) is 5.56 Å². The molecule has 2 nitrogen and oxygen atoms in total. The van der Waals surface area contributed by atoms with Crippen LogP contribution >= 0.6 is 0 Å². The molecule has 0 radical (unpaired) electrons. The molecule has 52 heavy (non-hydrogen) atoms. The predicted molar refractivity (Wildman–Crippen MR) is 220 cm³/mol. The Balaban J connectivity index is 1.07. The van der Waals surface area contributed by atoms with Gasteiger partial charge in [-0.15, -0.1) is 0 Å². The first kappa shape index (κ1) is 31.2. The van der Waals surface area contributed by atoms with E-state index in [1.54, 1.807) is 6.20 Å². The maximum atomic E-state index is 5.44. The summed E-state index contributed by atoms with van der Waals surface area (Å²) in [5, 5.41) is 2.61. The fourth-order valence-corrected chi connectivity index (χ4v) is 7.63. The van der Waals surface area contributed by atoms with Crippen LogP contribution in [0.4, 0.5) is 0 Å². The van der Waals surface area contributed by atoms with Crippen LogP contribution in [0, 0.1) is 0 Å². The molecule has 0 spiro atoms. The molecule has 9 rings (SSSR count). The minimum atomic E-state index is 0.880. The molecule has 2 heteroatoms. The Morgan fingerprint density at radius 1 is 0.423 bits per heavy atom. The van der Waals surface area contributed by atoms with E-state index in [0.717, 1.165) is 17.7 Å². The van der Waals surface area contributed by atoms with Crippen molar-refractivity contribution in [2.75, 3.05) is 0 Å². The van der Waals surface area contributed by atoms with Gasteiger partial charge in [0.25, 0.3) is 0 Å². The van der Waals surface area contributed by atoms with E-state index in [1.165, 1.54) is 83.1 Å². The average molecular weight is 665 g/mol. The SMILES string of the molecule is N/C=C\C=C/Cc1ccc(-c2ccc(-c3ccc(-c4ccc(-c5ccc(-c6ccccn6)cc5)cc4)c4c3-c3cccc5cccc-4c35)cc2)cc1. The quantitative estimate of drug-likeness (QED) is 0.164. The highest BCUT2D eigenvalue weighted by Gasteiger charge is 2.27. The Morgan fingerprint density at radius 3 is 1.42 bits per heavy atom. The van der Waals surface area contributed by atoms with Gasteiger partial charge < -0.3 is 5.73 Å². The number of benzene rings is 7. The Labute approximate surface area is 304 Å². The largest absolute Gasteiger partial charge is 0.405 e. The predicted octanol–water partition coefficient (Wildman–Crippen LogP) is 12.8. The van der Waals surface area contributed by atoms with Crippen LogP contribution < -0.4 is 5.73 Å². The highest BCUT2D eigenvalue weighted by Crippen LogP contribution is 2.54. The molecular weight excluding hydrogens is 629 g/mol. The number of hydrogen-bond acceptors (Lipinski definition) is 2. The number of hydrogen-bond donors (Lipinski definition) is 1. The number of nitrogens with two attached hydrogens (primary N) is 1. The second-order valence-corrected chi connectivity index (χ2v) is 13.3. The molecule has 0 unspecified atom stereocenters. The number of allylic oxidation sites excluding steroid dienone is 3. The van der Waals surface area contributed by atoms with Crippen LogP contribution in [0.5, 0.6) is 0 Å². The van der Waals surface area contributed by atoms with Gasteiger partial charge in [0.2, 0.25) is 0 Å². The Kier molecular flexibility index (Phi) is 8.11. The van der Waals surface area contributed by atoms with Crippen molar-refractivity contribution in [1.82, 2.24) is 4.98 Å². The van der Waals surface area contributed by atoms with Crippen molar-refractivity contribution >= 4 is 10.8 Å². The summed E-state index contributed by atoms with van der Waals surface area (Å²) in [6, 6.07) is 59.7. The molecule has 2 N–H and O–H groups in total. The molecule has 0 saturated carbocycles. The minimum absolute atomic E-state index is 0.880. The number of fused-ring (bicyclic) bond motifs is 3. The Morgan fingerprint density at radius 2 is 0.923 bits per heavy atom. The molecule has 1 aromatic heterocycles.